The highest BCUT2D eigenvalue weighted by atomic mass is 35.5. The zero-order chi connectivity index (χ0) is 18.2. The van der Waals surface area contributed by atoms with Gasteiger partial charge in [-0.15, -0.1) is 0 Å². The maximum atomic E-state index is 12.2. The molecule has 0 saturated carbocycles. The summed E-state index contributed by atoms with van der Waals surface area (Å²) in [5.41, 5.74) is 2.51. The number of hydrogen-bond acceptors (Lipinski definition) is 3. The molecule has 0 bridgehead atoms. The molecule has 2 aromatic carbocycles. The van der Waals surface area contributed by atoms with Crippen molar-refractivity contribution in [3.63, 3.8) is 0 Å². The van der Waals surface area contributed by atoms with E-state index >= 15 is 0 Å². The third-order valence-electron chi connectivity index (χ3n) is 3.51. The van der Waals surface area contributed by atoms with Crippen LogP contribution in [0.25, 0.3) is 0 Å². The molecule has 0 aliphatic rings. The van der Waals surface area contributed by atoms with Crippen LogP contribution in [-0.2, 0) is 11.2 Å². The minimum atomic E-state index is -0.483. The maximum absolute atomic E-state index is 12.2. The number of rotatable bonds is 6. The fraction of sp³-hybridized carbons (Fsp3) is 0.158. The summed E-state index contributed by atoms with van der Waals surface area (Å²) in [6.07, 6.45) is 2.14. The van der Waals surface area contributed by atoms with E-state index < -0.39 is 5.91 Å². The third kappa shape index (κ3) is 5.82. The largest absolute Gasteiger partial charge is 0.389 e. The molecule has 0 radical (unpaired) electrons. The van der Waals surface area contributed by atoms with Crippen molar-refractivity contribution in [3.05, 3.63) is 75.4 Å². The Kier molecular flexibility index (Phi) is 6.88. The lowest BCUT2D eigenvalue weighted by atomic mass is 10.1. The number of aryl methyl sites for hydroxylation is 1. The van der Waals surface area contributed by atoms with Crippen molar-refractivity contribution in [1.29, 1.82) is 5.26 Å². The maximum Gasteiger partial charge on any atom is 0.267 e. The Hall–Kier alpha value is -2.48. The zero-order valence-electron chi connectivity index (χ0n) is 13.6. The Morgan fingerprint density at radius 3 is 2.68 bits per heavy atom. The summed E-state index contributed by atoms with van der Waals surface area (Å²) in [6.45, 7) is 2.43. The summed E-state index contributed by atoms with van der Waals surface area (Å²) >= 11 is 11.9. The van der Waals surface area contributed by atoms with Crippen LogP contribution in [-0.4, -0.2) is 12.5 Å². The van der Waals surface area contributed by atoms with E-state index in [1.165, 1.54) is 6.20 Å². The molecule has 0 aromatic heterocycles. The fourth-order valence-electron chi connectivity index (χ4n) is 2.15. The number of anilines is 1. The number of benzene rings is 2. The minimum absolute atomic E-state index is 0.00882. The molecule has 2 aromatic rings. The molecule has 0 aliphatic heterocycles. The van der Waals surface area contributed by atoms with Crippen LogP contribution >= 0.6 is 23.2 Å². The Labute approximate surface area is 157 Å². The van der Waals surface area contributed by atoms with Gasteiger partial charge in [0.25, 0.3) is 5.91 Å². The first-order chi connectivity index (χ1) is 12.0. The molecule has 0 atom stereocenters. The minimum Gasteiger partial charge on any atom is -0.389 e. The number of halogens is 2. The highest BCUT2D eigenvalue weighted by Gasteiger charge is 2.10. The summed E-state index contributed by atoms with van der Waals surface area (Å²) in [6, 6.07) is 14.6. The molecule has 2 N–H and O–H groups in total. The van der Waals surface area contributed by atoms with Gasteiger partial charge in [0, 0.05) is 28.5 Å². The fourth-order valence-corrected chi connectivity index (χ4v) is 2.54. The van der Waals surface area contributed by atoms with Crippen LogP contribution < -0.4 is 10.6 Å². The second kappa shape index (κ2) is 9.12. The molecule has 6 heteroatoms. The first-order valence-electron chi connectivity index (χ1n) is 7.65. The van der Waals surface area contributed by atoms with Crippen LogP contribution in [0.5, 0.6) is 0 Å². The van der Waals surface area contributed by atoms with Crippen molar-refractivity contribution >= 4 is 34.8 Å². The highest BCUT2D eigenvalue weighted by Crippen LogP contribution is 2.20. The Morgan fingerprint density at radius 1 is 1.20 bits per heavy atom. The van der Waals surface area contributed by atoms with Gasteiger partial charge in [-0.3, -0.25) is 4.79 Å². The average molecular weight is 374 g/mol. The van der Waals surface area contributed by atoms with Gasteiger partial charge < -0.3 is 10.6 Å². The monoisotopic (exact) mass is 373 g/mol. The summed E-state index contributed by atoms with van der Waals surface area (Å²) < 4.78 is 0. The molecule has 0 saturated heterocycles. The first-order valence-corrected chi connectivity index (χ1v) is 8.41. The van der Waals surface area contributed by atoms with E-state index in [0.717, 1.165) is 17.5 Å². The molecule has 2 rings (SSSR count). The number of carbonyl (C=O) groups is 1. The molecule has 0 aliphatic carbocycles. The molecule has 0 fully saturated rings. The summed E-state index contributed by atoms with van der Waals surface area (Å²) in [5, 5.41) is 16.1. The summed E-state index contributed by atoms with van der Waals surface area (Å²) in [4.78, 5) is 12.2. The van der Waals surface area contributed by atoms with Gasteiger partial charge in [0.05, 0.1) is 0 Å². The van der Waals surface area contributed by atoms with Crippen LogP contribution in [0, 0.1) is 18.3 Å². The lowest BCUT2D eigenvalue weighted by Gasteiger charge is -2.08. The summed E-state index contributed by atoms with van der Waals surface area (Å²) in [7, 11) is 0. The van der Waals surface area contributed by atoms with Gasteiger partial charge in [-0.25, -0.2) is 0 Å². The van der Waals surface area contributed by atoms with Crippen molar-refractivity contribution < 1.29 is 4.79 Å². The summed E-state index contributed by atoms with van der Waals surface area (Å²) in [5.74, 6) is -0.483. The zero-order valence-corrected chi connectivity index (χ0v) is 15.2. The SMILES string of the molecule is Cc1ccc(Cl)cc1NC(=O)/C(C#N)=C\NCCc1cccc(Cl)c1. The molecular weight excluding hydrogens is 357 g/mol. The molecule has 0 heterocycles. The second-order valence-electron chi connectivity index (χ2n) is 5.42. The van der Waals surface area contributed by atoms with E-state index in [2.05, 4.69) is 10.6 Å². The number of amides is 1. The second-order valence-corrected chi connectivity index (χ2v) is 6.29. The quantitative estimate of drug-likeness (QED) is 0.445. The van der Waals surface area contributed by atoms with E-state index in [4.69, 9.17) is 23.2 Å². The first kappa shape index (κ1) is 18.9. The van der Waals surface area contributed by atoms with Crippen LogP contribution in [0.4, 0.5) is 5.69 Å². The molecule has 128 valence electrons. The van der Waals surface area contributed by atoms with Gasteiger partial charge in [0.1, 0.15) is 11.6 Å². The molecule has 0 spiro atoms. The topological polar surface area (TPSA) is 64.9 Å². The molecular formula is C19H17Cl2N3O. The van der Waals surface area contributed by atoms with Crippen LogP contribution in [0.2, 0.25) is 10.0 Å². The highest BCUT2D eigenvalue weighted by molar-refractivity contribution is 6.31. The van der Waals surface area contributed by atoms with Crippen molar-refractivity contribution in [3.8, 4) is 6.07 Å². The van der Waals surface area contributed by atoms with Gasteiger partial charge in [-0.2, -0.15) is 5.26 Å². The third-order valence-corrected chi connectivity index (χ3v) is 3.98. The Morgan fingerprint density at radius 2 is 1.96 bits per heavy atom. The standard InChI is InChI=1S/C19H17Cl2N3O/c1-13-5-6-17(21)10-18(13)24-19(25)15(11-22)12-23-8-7-14-3-2-4-16(20)9-14/h2-6,9-10,12,23H,7-8H2,1H3,(H,24,25)/b15-12-. The van der Waals surface area contributed by atoms with Crippen LogP contribution in [0.15, 0.2) is 54.2 Å². The van der Waals surface area contributed by atoms with Gasteiger partial charge in [0.2, 0.25) is 0 Å². The van der Waals surface area contributed by atoms with E-state index in [-0.39, 0.29) is 5.57 Å². The average Bonchev–Trinajstić information content (AvgIpc) is 2.58. The molecule has 0 unspecified atom stereocenters. The normalized spacial score (nSPS) is 10.9. The van der Waals surface area contributed by atoms with Gasteiger partial charge in [0.15, 0.2) is 0 Å². The van der Waals surface area contributed by atoms with E-state index in [1.807, 2.05) is 37.3 Å². The number of nitriles is 1. The van der Waals surface area contributed by atoms with E-state index in [1.54, 1.807) is 18.2 Å². The number of carbonyl (C=O) groups excluding carboxylic acids is 1. The van der Waals surface area contributed by atoms with Gasteiger partial charge in [-0.05, 0) is 48.7 Å². The van der Waals surface area contributed by atoms with Crippen LogP contribution in [0.1, 0.15) is 11.1 Å². The number of nitrogens with one attached hydrogen (secondary N) is 2. The van der Waals surface area contributed by atoms with E-state index in [9.17, 15) is 10.1 Å². The van der Waals surface area contributed by atoms with Crippen molar-refractivity contribution in [2.24, 2.45) is 0 Å². The predicted octanol–water partition coefficient (Wildman–Crippen LogP) is 4.48. The van der Waals surface area contributed by atoms with Gasteiger partial charge >= 0.3 is 0 Å². The number of hydrogen-bond donors (Lipinski definition) is 2. The lowest BCUT2D eigenvalue weighted by Crippen LogP contribution is -2.18. The Balaban J connectivity index is 1.94. The molecule has 25 heavy (non-hydrogen) atoms. The van der Waals surface area contributed by atoms with Crippen molar-refractivity contribution in [2.45, 2.75) is 13.3 Å². The lowest BCUT2D eigenvalue weighted by molar-refractivity contribution is -0.112. The van der Waals surface area contributed by atoms with Crippen molar-refractivity contribution in [2.75, 3.05) is 11.9 Å². The smallest absolute Gasteiger partial charge is 0.267 e. The Bertz CT molecular complexity index is 841. The molecule has 4 nitrogen and oxygen atoms in total. The van der Waals surface area contributed by atoms with Crippen LogP contribution in [0.3, 0.4) is 0 Å². The van der Waals surface area contributed by atoms with E-state index in [0.29, 0.717) is 22.3 Å². The number of nitrogens with zero attached hydrogens (tertiary/aromatic N) is 1. The van der Waals surface area contributed by atoms with Crippen molar-refractivity contribution in [1.82, 2.24) is 5.32 Å². The predicted molar refractivity (Wildman–Crippen MR) is 102 cm³/mol. The molecule has 1 amide bonds. The van der Waals surface area contributed by atoms with Gasteiger partial charge in [-0.1, -0.05) is 41.4 Å².